The second-order valence-electron chi connectivity index (χ2n) is 10.4. The number of ether oxygens (including phenoxy) is 2. The van der Waals surface area contributed by atoms with Gasteiger partial charge in [-0.1, -0.05) is 44.5 Å². The Bertz CT molecular complexity index is 1120. The number of Topliss-reactive ketones (excluding diaryl/α,β-unsaturated/α-hetero) is 1. The van der Waals surface area contributed by atoms with Crippen molar-refractivity contribution < 1.29 is 19.1 Å². The van der Waals surface area contributed by atoms with Crippen LogP contribution in [0.1, 0.15) is 99.3 Å². The molecule has 204 valence electrons. The minimum absolute atomic E-state index is 0.111. The maximum atomic E-state index is 12.4. The monoisotopic (exact) mass is 519 g/mol. The number of rotatable bonds is 12. The molecule has 0 amide bonds. The Morgan fingerprint density at radius 1 is 1.13 bits per heavy atom. The molecule has 38 heavy (non-hydrogen) atoms. The molecular formula is C31H41N3O4. The fraction of sp³-hybridized carbons (Fsp3) is 0.516. The molecule has 1 saturated carbocycles. The first-order valence-electron chi connectivity index (χ1n) is 14.0. The highest BCUT2D eigenvalue weighted by molar-refractivity contribution is 6.03. The van der Waals surface area contributed by atoms with Gasteiger partial charge in [0.15, 0.2) is 17.3 Å². The summed E-state index contributed by atoms with van der Waals surface area (Å²) in [5, 5.41) is 6.70. The molecule has 0 spiro atoms. The molecule has 2 N–H and O–H groups in total. The number of ketones is 1. The van der Waals surface area contributed by atoms with E-state index in [2.05, 4.69) is 13.8 Å². The van der Waals surface area contributed by atoms with Crippen LogP contribution in [0.25, 0.3) is 0 Å². The second-order valence-corrected chi connectivity index (χ2v) is 10.4. The molecule has 4 rings (SSSR count). The highest BCUT2D eigenvalue weighted by atomic mass is 16.5. The Balaban J connectivity index is 1.63. The molecule has 0 aromatic heterocycles. The van der Waals surface area contributed by atoms with E-state index >= 15 is 0 Å². The number of carbonyl (C=O) groups is 2. The number of nitrogens with zero attached hydrogens (tertiary/aromatic N) is 2. The smallest absolute Gasteiger partial charge is 0.162 e. The molecule has 3 unspecified atom stereocenters. The van der Waals surface area contributed by atoms with Crippen LogP contribution >= 0.6 is 0 Å². The number of hydrogen-bond donors (Lipinski definition) is 1. The zero-order valence-corrected chi connectivity index (χ0v) is 22.9. The third-order valence-corrected chi connectivity index (χ3v) is 7.80. The molecule has 3 atom stereocenters. The molecule has 0 saturated heterocycles. The van der Waals surface area contributed by atoms with Crippen LogP contribution < -0.4 is 15.2 Å². The van der Waals surface area contributed by atoms with Crippen molar-refractivity contribution in [3.63, 3.8) is 0 Å². The van der Waals surface area contributed by atoms with Gasteiger partial charge >= 0.3 is 0 Å². The summed E-state index contributed by atoms with van der Waals surface area (Å²) in [4.78, 5) is 24.5. The van der Waals surface area contributed by atoms with Crippen molar-refractivity contribution in [2.24, 2.45) is 16.8 Å². The van der Waals surface area contributed by atoms with E-state index in [-0.39, 0.29) is 17.8 Å². The van der Waals surface area contributed by atoms with Gasteiger partial charge in [0.25, 0.3) is 0 Å². The van der Waals surface area contributed by atoms with Crippen molar-refractivity contribution in [2.45, 2.75) is 89.9 Å². The van der Waals surface area contributed by atoms with Crippen molar-refractivity contribution in [2.75, 3.05) is 7.11 Å². The van der Waals surface area contributed by atoms with Crippen molar-refractivity contribution in [3.8, 4) is 11.5 Å². The number of benzene rings is 2. The van der Waals surface area contributed by atoms with E-state index in [0.29, 0.717) is 24.2 Å². The lowest BCUT2D eigenvalue weighted by molar-refractivity contribution is -0.114. The van der Waals surface area contributed by atoms with E-state index < -0.39 is 12.2 Å². The number of carbonyl (C=O) groups excluding carboxylic acids is 2. The SMILES string of the molecule is CCCCC(=O)c1ccc(C(N)N2N=C(c3ccc(OC)c(OC4CCCC4)c3)C(CC)CC2C=O)cc1. The molecular weight excluding hydrogens is 478 g/mol. The third kappa shape index (κ3) is 6.26. The van der Waals surface area contributed by atoms with Gasteiger partial charge in [-0.3, -0.25) is 9.80 Å². The fourth-order valence-electron chi connectivity index (χ4n) is 5.45. The quantitative estimate of drug-likeness (QED) is 0.271. The highest BCUT2D eigenvalue weighted by Crippen LogP contribution is 2.36. The number of methoxy groups -OCH3 is 1. The van der Waals surface area contributed by atoms with Crippen LogP contribution in [0.5, 0.6) is 11.5 Å². The summed E-state index contributed by atoms with van der Waals surface area (Å²) >= 11 is 0. The molecule has 7 heteroatoms. The van der Waals surface area contributed by atoms with Gasteiger partial charge < -0.3 is 20.0 Å². The highest BCUT2D eigenvalue weighted by Gasteiger charge is 2.34. The fourth-order valence-corrected chi connectivity index (χ4v) is 5.45. The molecule has 1 aliphatic carbocycles. The summed E-state index contributed by atoms with van der Waals surface area (Å²) in [5.74, 6) is 1.68. The summed E-state index contributed by atoms with van der Waals surface area (Å²) in [6.45, 7) is 4.19. The minimum atomic E-state index is -0.620. The van der Waals surface area contributed by atoms with Gasteiger partial charge in [0, 0.05) is 23.5 Å². The van der Waals surface area contributed by atoms with Crippen LogP contribution in [0.15, 0.2) is 47.6 Å². The number of unbranched alkanes of at least 4 members (excludes halogenated alkanes) is 1. The van der Waals surface area contributed by atoms with Gasteiger partial charge in [0.2, 0.25) is 0 Å². The number of hydrogen-bond acceptors (Lipinski definition) is 7. The van der Waals surface area contributed by atoms with Crippen LogP contribution in [-0.4, -0.2) is 42.0 Å². The zero-order valence-electron chi connectivity index (χ0n) is 22.9. The Morgan fingerprint density at radius 2 is 1.87 bits per heavy atom. The number of hydrazone groups is 1. The van der Waals surface area contributed by atoms with E-state index in [9.17, 15) is 9.59 Å². The van der Waals surface area contributed by atoms with Crippen molar-refractivity contribution in [1.29, 1.82) is 0 Å². The normalized spacial score (nSPS) is 20.6. The van der Waals surface area contributed by atoms with Gasteiger partial charge in [-0.2, -0.15) is 5.10 Å². The zero-order chi connectivity index (χ0) is 27.1. The topological polar surface area (TPSA) is 94.2 Å². The average molecular weight is 520 g/mol. The van der Waals surface area contributed by atoms with Gasteiger partial charge in [0.1, 0.15) is 18.5 Å². The van der Waals surface area contributed by atoms with E-state index in [0.717, 1.165) is 61.0 Å². The molecule has 0 radical (unpaired) electrons. The largest absolute Gasteiger partial charge is 0.493 e. The maximum absolute atomic E-state index is 12.4. The van der Waals surface area contributed by atoms with Gasteiger partial charge in [-0.15, -0.1) is 0 Å². The molecule has 7 nitrogen and oxygen atoms in total. The predicted molar refractivity (Wildman–Crippen MR) is 150 cm³/mol. The molecule has 1 fully saturated rings. The van der Waals surface area contributed by atoms with Crippen LogP contribution in [0, 0.1) is 5.92 Å². The first kappa shape index (κ1) is 27.8. The van der Waals surface area contributed by atoms with E-state index in [1.165, 1.54) is 12.8 Å². The summed E-state index contributed by atoms with van der Waals surface area (Å²) in [6, 6.07) is 12.9. The lowest BCUT2D eigenvalue weighted by Gasteiger charge is -2.38. The summed E-state index contributed by atoms with van der Waals surface area (Å²) in [6.07, 6.45) is 8.89. The summed E-state index contributed by atoms with van der Waals surface area (Å²) in [5.41, 5.74) is 10.0. The second kappa shape index (κ2) is 13.1. The van der Waals surface area contributed by atoms with E-state index in [1.807, 2.05) is 42.5 Å². The van der Waals surface area contributed by atoms with E-state index in [1.54, 1.807) is 12.1 Å². The Morgan fingerprint density at radius 3 is 2.50 bits per heavy atom. The van der Waals surface area contributed by atoms with Crippen LogP contribution in [0.2, 0.25) is 0 Å². The van der Waals surface area contributed by atoms with Crippen molar-refractivity contribution >= 4 is 17.8 Å². The Labute approximate surface area is 226 Å². The molecule has 1 aliphatic heterocycles. The van der Waals surface area contributed by atoms with Crippen molar-refractivity contribution in [3.05, 3.63) is 59.2 Å². The van der Waals surface area contributed by atoms with Gasteiger partial charge in [0.05, 0.1) is 18.9 Å². The first-order valence-corrected chi connectivity index (χ1v) is 14.0. The minimum Gasteiger partial charge on any atom is -0.493 e. The average Bonchev–Trinajstić information content (AvgIpc) is 3.48. The van der Waals surface area contributed by atoms with E-state index in [4.69, 9.17) is 20.3 Å². The summed E-state index contributed by atoms with van der Waals surface area (Å²) < 4.78 is 11.9. The molecule has 1 heterocycles. The molecule has 2 aromatic carbocycles. The number of aldehydes is 1. The van der Waals surface area contributed by atoms with Gasteiger partial charge in [-0.25, -0.2) is 0 Å². The first-order chi connectivity index (χ1) is 18.5. The number of nitrogens with two attached hydrogens (primary N) is 1. The standard InChI is InChI=1S/C31H41N3O4/c1-4-6-11-27(36)22-12-14-23(15-13-22)31(32)34-25(20-35)18-21(5-2)30(33-34)24-16-17-28(37-3)29(19-24)38-26-9-7-8-10-26/h12-17,19-21,25-26,31H,4-11,18,32H2,1-3H3. The van der Waals surface area contributed by atoms with Crippen LogP contribution in [-0.2, 0) is 4.79 Å². The van der Waals surface area contributed by atoms with Gasteiger partial charge in [-0.05, 0) is 68.7 Å². The maximum Gasteiger partial charge on any atom is 0.162 e. The molecule has 0 bridgehead atoms. The lowest BCUT2D eigenvalue weighted by atomic mass is 9.87. The summed E-state index contributed by atoms with van der Waals surface area (Å²) in [7, 11) is 1.65. The Kier molecular flexibility index (Phi) is 9.56. The predicted octanol–water partition coefficient (Wildman–Crippen LogP) is 6.05. The van der Waals surface area contributed by atoms with Crippen LogP contribution in [0.4, 0.5) is 0 Å². The van der Waals surface area contributed by atoms with Crippen LogP contribution in [0.3, 0.4) is 0 Å². The van der Waals surface area contributed by atoms with Crippen molar-refractivity contribution in [1.82, 2.24) is 5.01 Å². The lowest BCUT2D eigenvalue weighted by Crippen LogP contribution is -2.46. The molecule has 2 aromatic rings. The molecule has 2 aliphatic rings. The third-order valence-electron chi connectivity index (χ3n) is 7.80. The Hall–Kier alpha value is -3.19.